The third kappa shape index (κ3) is 5.87. The monoisotopic (exact) mass is 286 g/mol. The second kappa shape index (κ2) is 6.67. The van der Waals surface area contributed by atoms with Crippen molar-refractivity contribution in [3.05, 3.63) is 35.4 Å². The molecule has 0 atom stereocenters. The zero-order chi connectivity index (χ0) is 14.5. The molecule has 0 amide bonds. The van der Waals surface area contributed by atoms with E-state index in [9.17, 15) is 4.57 Å². The van der Waals surface area contributed by atoms with Crippen LogP contribution in [0.5, 0.6) is 0 Å². The van der Waals surface area contributed by atoms with Gasteiger partial charge >= 0.3 is 7.82 Å². The second-order valence-electron chi connectivity index (χ2n) is 5.37. The van der Waals surface area contributed by atoms with E-state index in [-0.39, 0.29) is 12.0 Å². The van der Waals surface area contributed by atoms with Crippen molar-refractivity contribution in [2.75, 3.05) is 6.61 Å². The van der Waals surface area contributed by atoms with Crippen LogP contribution in [0.4, 0.5) is 0 Å². The molecule has 0 radical (unpaired) electrons. The minimum atomic E-state index is -4.33. The Hall–Kier alpha value is -0.670. The average Bonchev–Trinajstić information content (AvgIpc) is 2.34. The molecule has 5 heteroatoms. The second-order valence-corrected chi connectivity index (χ2v) is 6.60. The van der Waals surface area contributed by atoms with Gasteiger partial charge in [-0.05, 0) is 35.8 Å². The lowest BCUT2D eigenvalue weighted by atomic mass is 9.81. The van der Waals surface area contributed by atoms with E-state index < -0.39 is 7.82 Å². The maximum absolute atomic E-state index is 10.5. The van der Waals surface area contributed by atoms with Gasteiger partial charge in [0, 0.05) is 0 Å². The Bertz CT molecular complexity index is 451. The van der Waals surface area contributed by atoms with Gasteiger partial charge in [-0.25, -0.2) is 4.57 Å². The number of aryl methyl sites for hydroxylation is 1. The highest BCUT2D eigenvalue weighted by atomic mass is 31.2. The molecule has 19 heavy (non-hydrogen) atoms. The smallest absolute Gasteiger partial charge is 0.303 e. The number of rotatable bonds is 7. The Balaban J connectivity index is 2.56. The number of phosphoric ester groups is 1. The van der Waals surface area contributed by atoms with Gasteiger partial charge in [0.2, 0.25) is 0 Å². The van der Waals surface area contributed by atoms with E-state index in [0.29, 0.717) is 6.42 Å². The number of hydrogen-bond acceptors (Lipinski definition) is 2. The largest absolute Gasteiger partial charge is 0.469 e. The number of hydrogen-bond donors (Lipinski definition) is 2. The minimum absolute atomic E-state index is 0.0751. The fourth-order valence-electron chi connectivity index (χ4n) is 1.81. The van der Waals surface area contributed by atoms with Gasteiger partial charge in [0.1, 0.15) is 0 Å². The Kier molecular flexibility index (Phi) is 5.75. The lowest BCUT2D eigenvalue weighted by Gasteiger charge is -2.23. The summed E-state index contributed by atoms with van der Waals surface area (Å²) >= 11 is 0. The molecule has 0 heterocycles. The van der Waals surface area contributed by atoms with Crippen LogP contribution < -0.4 is 0 Å². The van der Waals surface area contributed by atoms with Crippen LogP contribution in [0.25, 0.3) is 0 Å². The topological polar surface area (TPSA) is 66.8 Å². The lowest BCUT2D eigenvalue weighted by molar-refractivity contribution is 0.195. The van der Waals surface area contributed by atoms with Gasteiger partial charge in [-0.1, -0.05) is 45.0 Å². The molecule has 0 aromatic heterocycles. The summed E-state index contributed by atoms with van der Waals surface area (Å²) in [6, 6.07) is 8.36. The maximum atomic E-state index is 10.5. The number of phosphoric acid groups is 1. The third-order valence-electron chi connectivity index (χ3n) is 3.46. The first-order chi connectivity index (χ1) is 8.74. The molecule has 2 N–H and O–H groups in total. The first-order valence-electron chi connectivity index (χ1n) is 6.54. The fourth-order valence-corrected chi connectivity index (χ4v) is 2.18. The van der Waals surface area contributed by atoms with Crippen molar-refractivity contribution < 1.29 is 18.9 Å². The Labute approximate surface area is 115 Å². The van der Waals surface area contributed by atoms with E-state index in [0.717, 1.165) is 12.8 Å². The van der Waals surface area contributed by atoms with Crippen molar-refractivity contribution in [3.63, 3.8) is 0 Å². The maximum Gasteiger partial charge on any atom is 0.469 e. The van der Waals surface area contributed by atoms with E-state index in [1.54, 1.807) is 0 Å². The van der Waals surface area contributed by atoms with Crippen molar-refractivity contribution in [1.29, 1.82) is 0 Å². The quantitative estimate of drug-likeness (QED) is 0.595. The molecule has 0 aliphatic heterocycles. The predicted molar refractivity (Wildman–Crippen MR) is 76.1 cm³/mol. The molecule has 0 aliphatic carbocycles. The molecular formula is C14H23O4P. The lowest BCUT2D eigenvalue weighted by Crippen LogP contribution is -2.15. The number of benzene rings is 1. The van der Waals surface area contributed by atoms with Crippen molar-refractivity contribution in [2.45, 2.75) is 45.4 Å². The SMILES string of the molecule is CCC(C)(C)c1cccc(CCCOP(=O)(O)O)c1. The normalized spacial score (nSPS) is 12.7. The van der Waals surface area contributed by atoms with Gasteiger partial charge in [-0.15, -0.1) is 0 Å². The van der Waals surface area contributed by atoms with Crippen LogP contribution in [0.3, 0.4) is 0 Å². The highest BCUT2D eigenvalue weighted by molar-refractivity contribution is 7.46. The van der Waals surface area contributed by atoms with Crippen LogP contribution in [-0.4, -0.2) is 16.4 Å². The summed E-state index contributed by atoms with van der Waals surface area (Å²) in [6.45, 7) is 6.66. The predicted octanol–water partition coefficient (Wildman–Crippen LogP) is 3.42. The fraction of sp³-hybridized carbons (Fsp3) is 0.571. The Morgan fingerprint density at radius 2 is 2.00 bits per heavy atom. The summed E-state index contributed by atoms with van der Waals surface area (Å²) in [7, 11) is -4.33. The molecule has 1 aromatic rings. The van der Waals surface area contributed by atoms with E-state index in [1.807, 2.05) is 12.1 Å². The van der Waals surface area contributed by atoms with Gasteiger partial charge in [0.25, 0.3) is 0 Å². The van der Waals surface area contributed by atoms with Crippen LogP contribution in [0.15, 0.2) is 24.3 Å². The molecule has 108 valence electrons. The molecule has 0 spiro atoms. The summed E-state index contributed by atoms with van der Waals surface area (Å²) in [4.78, 5) is 17.2. The molecule has 4 nitrogen and oxygen atoms in total. The zero-order valence-electron chi connectivity index (χ0n) is 11.8. The molecule has 0 bridgehead atoms. The molecule has 0 fully saturated rings. The Morgan fingerprint density at radius 1 is 1.32 bits per heavy atom. The van der Waals surface area contributed by atoms with Gasteiger partial charge in [-0.2, -0.15) is 0 Å². The molecule has 0 aliphatic rings. The summed E-state index contributed by atoms with van der Waals surface area (Å²) < 4.78 is 15.0. The van der Waals surface area contributed by atoms with Gasteiger partial charge in [-0.3, -0.25) is 4.52 Å². The highest BCUT2D eigenvalue weighted by Crippen LogP contribution is 2.35. The molecule has 0 saturated carbocycles. The highest BCUT2D eigenvalue weighted by Gasteiger charge is 2.18. The summed E-state index contributed by atoms with van der Waals surface area (Å²) in [5.41, 5.74) is 2.62. The standard InChI is InChI=1S/C14H23O4P/c1-4-14(2,3)13-9-5-7-12(11-13)8-6-10-18-19(15,16)17/h5,7,9,11H,4,6,8,10H2,1-3H3,(H2,15,16,17). The summed E-state index contributed by atoms with van der Waals surface area (Å²) in [5, 5.41) is 0. The van der Waals surface area contributed by atoms with Gasteiger partial charge in [0.05, 0.1) is 6.61 Å². The minimum Gasteiger partial charge on any atom is -0.303 e. The van der Waals surface area contributed by atoms with E-state index in [1.165, 1.54) is 11.1 Å². The molecule has 0 saturated heterocycles. The van der Waals surface area contributed by atoms with Crippen LogP contribution in [0.2, 0.25) is 0 Å². The van der Waals surface area contributed by atoms with E-state index in [4.69, 9.17) is 9.79 Å². The van der Waals surface area contributed by atoms with Crippen LogP contribution in [0.1, 0.15) is 44.7 Å². The average molecular weight is 286 g/mol. The van der Waals surface area contributed by atoms with Gasteiger partial charge in [0.15, 0.2) is 0 Å². The third-order valence-corrected chi connectivity index (χ3v) is 3.98. The van der Waals surface area contributed by atoms with Crippen LogP contribution in [-0.2, 0) is 20.9 Å². The zero-order valence-corrected chi connectivity index (χ0v) is 12.7. The van der Waals surface area contributed by atoms with Crippen LogP contribution in [0, 0.1) is 0 Å². The molecule has 0 unspecified atom stereocenters. The molecule has 1 aromatic carbocycles. The first kappa shape index (κ1) is 16.4. The van der Waals surface area contributed by atoms with Crippen molar-refractivity contribution in [1.82, 2.24) is 0 Å². The van der Waals surface area contributed by atoms with Crippen molar-refractivity contribution in [3.8, 4) is 0 Å². The van der Waals surface area contributed by atoms with Gasteiger partial charge < -0.3 is 9.79 Å². The molecule has 1 rings (SSSR count). The summed E-state index contributed by atoms with van der Waals surface area (Å²) in [5.74, 6) is 0. The van der Waals surface area contributed by atoms with E-state index in [2.05, 4.69) is 37.4 Å². The van der Waals surface area contributed by atoms with Crippen molar-refractivity contribution in [2.24, 2.45) is 0 Å². The van der Waals surface area contributed by atoms with Crippen LogP contribution >= 0.6 is 7.82 Å². The van der Waals surface area contributed by atoms with Crippen molar-refractivity contribution >= 4 is 7.82 Å². The first-order valence-corrected chi connectivity index (χ1v) is 8.07. The summed E-state index contributed by atoms with van der Waals surface area (Å²) in [6.07, 6.45) is 2.42. The molecular weight excluding hydrogens is 263 g/mol. The Morgan fingerprint density at radius 3 is 2.58 bits per heavy atom. The van der Waals surface area contributed by atoms with E-state index >= 15 is 0 Å².